The van der Waals surface area contributed by atoms with Crippen LogP contribution in [-0.2, 0) is 11.2 Å². The second-order valence-electron chi connectivity index (χ2n) is 6.76. The molecule has 4 rings (SSSR count). The van der Waals surface area contributed by atoms with Gasteiger partial charge in [-0.25, -0.2) is 0 Å². The number of aromatic nitrogens is 2. The van der Waals surface area contributed by atoms with Gasteiger partial charge in [0.1, 0.15) is 0 Å². The second-order valence-corrected chi connectivity index (χ2v) is 7.69. The van der Waals surface area contributed by atoms with Crippen LogP contribution >= 0.6 is 11.8 Å². The molecule has 2 aliphatic rings. The van der Waals surface area contributed by atoms with E-state index in [1.807, 2.05) is 30.3 Å². The third kappa shape index (κ3) is 3.64. The molecule has 0 spiro atoms. The zero-order valence-electron chi connectivity index (χ0n) is 13.5. The number of benzene rings is 1. The number of nitrogens with zero attached hydrogens (tertiary/aromatic N) is 2. The summed E-state index contributed by atoms with van der Waals surface area (Å²) in [5, 5.41) is 11.7. The summed E-state index contributed by atoms with van der Waals surface area (Å²) in [6.45, 7) is 0. The van der Waals surface area contributed by atoms with Gasteiger partial charge < -0.3 is 9.73 Å². The maximum Gasteiger partial charge on any atom is 0.277 e. The van der Waals surface area contributed by atoms with Crippen molar-refractivity contribution in [2.75, 3.05) is 5.75 Å². The topological polar surface area (TPSA) is 68.0 Å². The molecule has 1 heterocycles. The van der Waals surface area contributed by atoms with Crippen molar-refractivity contribution >= 4 is 17.7 Å². The van der Waals surface area contributed by atoms with E-state index in [1.165, 1.54) is 31.0 Å². The smallest absolute Gasteiger partial charge is 0.277 e. The SMILES string of the molecule is O=C(CSc1nnc(Cc2ccccc2)o1)N[C@H]1C[C@H]2CC[C@H]1C2. The van der Waals surface area contributed by atoms with Crippen LogP contribution in [0, 0.1) is 11.8 Å². The Morgan fingerprint density at radius 3 is 2.83 bits per heavy atom. The van der Waals surface area contributed by atoms with Gasteiger partial charge in [-0.3, -0.25) is 4.79 Å². The first-order valence-corrected chi connectivity index (χ1v) is 9.53. The van der Waals surface area contributed by atoms with Crippen LogP contribution in [0.4, 0.5) is 0 Å². The molecule has 126 valence electrons. The van der Waals surface area contributed by atoms with Gasteiger partial charge in [-0.05, 0) is 36.7 Å². The van der Waals surface area contributed by atoms with Gasteiger partial charge in [-0.15, -0.1) is 10.2 Å². The Kier molecular flexibility index (Phi) is 4.56. The van der Waals surface area contributed by atoms with E-state index < -0.39 is 0 Å². The van der Waals surface area contributed by atoms with E-state index in [0.29, 0.717) is 35.2 Å². The molecule has 2 bridgehead atoms. The summed E-state index contributed by atoms with van der Waals surface area (Å²) in [7, 11) is 0. The molecule has 2 aliphatic carbocycles. The molecule has 24 heavy (non-hydrogen) atoms. The number of carbonyl (C=O) groups is 1. The summed E-state index contributed by atoms with van der Waals surface area (Å²) in [6, 6.07) is 10.4. The minimum Gasteiger partial charge on any atom is -0.416 e. The molecule has 3 atom stereocenters. The van der Waals surface area contributed by atoms with E-state index in [1.54, 1.807) is 0 Å². The van der Waals surface area contributed by atoms with Crippen LogP contribution in [0.2, 0.25) is 0 Å². The van der Waals surface area contributed by atoms with Gasteiger partial charge in [-0.2, -0.15) is 0 Å². The molecule has 1 N–H and O–H groups in total. The average Bonchev–Trinajstić information content (AvgIpc) is 3.31. The van der Waals surface area contributed by atoms with Gasteiger partial charge in [0, 0.05) is 6.04 Å². The summed E-state index contributed by atoms with van der Waals surface area (Å²) in [4.78, 5) is 12.1. The number of nitrogens with one attached hydrogen (secondary N) is 1. The Morgan fingerprint density at radius 2 is 2.08 bits per heavy atom. The van der Waals surface area contributed by atoms with Crippen molar-refractivity contribution in [3.8, 4) is 0 Å². The summed E-state index contributed by atoms with van der Waals surface area (Å²) in [5.41, 5.74) is 1.13. The van der Waals surface area contributed by atoms with Crippen LogP contribution in [0.15, 0.2) is 40.0 Å². The van der Waals surface area contributed by atoms with Crippen molar-refractivity contribution in [2.24, 2.45) is 11.8 Å². The molecular formula is C18H21N3O2S. The lowest BCUT2D eigenvalue weighted by Crippen LogP contribution is -2.39. The van der Waals surface area contributed by atoms with Crippen LogP contribution in [0.25, 0.3) is 0 Å². The monoisotopic (exact) mass is 343 g/mol. The number of hydrogen-bond donors (Lipinski definition) is 1. The number of carbonyl (C=O) groups excluding carboxylic acids is 1. The van der Waals surface area contributed by atoms with Gasteiger partial charge >= 0.3 is 0 Å². The molecule has 2 aromatic rings. The van der Waals surface area contributed by atoms with Crippen molar-refractivity contribution in [1.29, 1.82) is 0 Å². The summed E-state index contributed by atoms with van der Waals surface area (Å²) in [5.74, 6) is 2.52. The van der Waals surface area contributed by atoms with Crippen LogP contribution < -0.4 is 5.32 Å². The minimum atomic E-state index is 0.0698. The highest BCUT2D eigenvalue weighted by Crippen LogP contribution is 2.44. The van der Waals surface area contributed by atoms with Crippen molar-refractivity contribution in [2.45, 2.75) is 43.4 Å². The van der Waals surface area contributed by atoms with Gasteiger partial charge in [0.2, 0.25) is 11.8 Å². The van der Waals surface area contributed by atoms with Gasteiger partial charge in [0.15, 0.2) is 0 Å². The standard InChI is InChI=1S/C18H21N3O2S/c22-16(19-15-9-13-6-7-14(15)8-13)11-24-18-21-20-17(23-18)10-12-4-2-1-3-5-12/h1-5,13-15H,6-11H2,(H,19,22)/t13-,14-,15-/m0/s1. The largest absolute Gasteiger partial charge is 0.416 e. The summed E-state index contributed by atoms with van der Waals surface area (Å²) < 4.78 is 5.62. The fourth-order valence-corrected chi connectivity index (χ4v) is 4.53. The van der Waals surface area contributed by atoms with Gasteiger partial charge in [0.25, 0.3) is 5.22 Å². The molecule has 0 aliphatic heterocycles. The Bertz CT molecular complexity index is 703. The van der Waals surface area contributed by atoms with Crippen LogP contribution in [-0.4, -0.2) is 27.9 Å². The number of thioether (sulfide) groups is 1. The predicted octanol–water partition coefficient (Wildman–Crippen LogP) is 3.06. The zero-order chi connectivity index (χ0) is 16.4. The minimum absolute atomic E-state index is 0.0698. The maximum atomic E-state index is 12.1. The lowest BCUT2D eigenvalue weighted by molar-refractivity contribution is -0.119. The molecule has 0 radical (unpaired) electrons. The Morgan fingerprint density at radius 1 is 1.21 bits per heavy atom. The molecule has 0 unspecified atom stereocenters. The van der Waals surface area contributed by atoms with E-state index in [9.17, 15) is 4.79 Å². The molecule has 1 aromatic heterocycles. The maximum absolute atomic E-state index is 12.1. The number of fused-ring (bicyclic) bond motifs is 2. The van der Waals surface area contributed by atoms with E-state index in [0.717, 1.165) is 17.9 Å². The van der Waals surface area contributed by atoms with Crippen molar-refractivity contribution in [1.82, 2.24) is 15.5 Å². The summed E-state index contributed by atoms with van der Waals surface area (Å²) >= 11 is 1.31. The molecule has 6 heteroatoms. The van der Waals surface area contributed by atoms with E-state index >= 15 is 0 Å². The molecule has 1 amide bonds. The number of hydrogen-bond acceptors (Lipinski definition) is 5. The van der Waals surface area contributed by atoms with Crippen LogP contribution in [0.1, 0.15) is 37.1 Å². The van der Waals surface area contributed by atoms with Gasteiger partial charge in [0.05, 0.1) is 12.2 Å². The quantitative estimate of drug-likeness (QED) is 0.817. The van der Waals surface area contributed by atoms with E-state index in [4.69, 9.17) is 4.42 Å². The highest BCUT2D eigenvalue weighted by Gasteiger charge is 2.40. The average molecular weight is 343 g/mol. The second kappa shape index (κ2) is 6.97. The van der Waals surface area contributed by atoms with E-state index in [-0.39, 0.29) is 5.91 Å². The number of amides is 1. The van der Waals surface area contributed by atoms with E-state index in [2.05, 4.69) is 15.5 Å². The Balaban J connectivity index is 1.25. The first-order valence-electron chi connectivity index (χ1n) is 8.55. The molecule has 2 fully saturated rings. The van der Waals surface area contributed by atoms with Crippen molar-refractivity contribution in [3.05, 3.63) is 41.8 Å². The normalized spacial score (nSPS) is 25.1. The molecule has 0 saturated heterocycles. The predicted molar refractivity (Wildman–Crippen MR) is 91.6 cm³/mol. The first-order chi connectivity index (χ1) is 11.8. The first kappa shape index (κ1) is 15.7. The highest BCUT2D eigenvalue weighted by molar-refractivity contribution is 7.99. The Hall–Kier alpha value is -1.82. The third-order valence-corrected chi connectivity index (χ3v) is 5.88. The highest BCUT2D eigenvalue weighted by atomic mass is 32.2. The molecule has 2 saturated carbocycles. The van der Waals surface area contributed by atoms with Crippen LogP contribution in [0.5, 0.6) is 0 Å². The lowest BCUT2D eigenvalue weighted by Gasteiger charge is -2.22. The number of rotatable bonds is 6. The third-order valence-electron chi connectivity index (χ3n) is 5.06. The molecular weight excluding hydrogens is 322 g/mol. The fourth-order valence-electron chi connectivity index (χ4n) is 3.94. The van der Waals surface area contributed by atoms with Crippen molar-refractivity contribution < 1.29 is 9.21 Å². The van der Waals surface area contributed by atoms with Crippen molar-refractivity contribution in [3.63, 3.8) is 0 Å². The van der Waals surface area contributed by atoms with Gasteiger partial charge in [-0.1, -0.05) is 48.5 Å². The molecule has 1 aromatic carbocycles. The zero-order valence-corrected chi connectivity index (χ0v) is 14.3. The summed E-state index contributed by atoms with van der Waals surface area (Å²) in [6.07, 6.45) is 5.69. The molecule has 5 nitrogen and oxygen atoms in total. The lowest BCUT2D eigenvalue weighted by atomic mass is 9.95. The van der Waals surface area contributed by atoms with Crippen LogP contribution in [0.3, 0.4) is 0 Å². The fraction of sp³-hybridized carbons (Fsp3) is 0.500. The Labute approximate surface area is 145 Å².